The van der Waals surface area contributed by atoms with Crippen LogP contribution >= 0.6 is 11.3 Å². The summed E-state index contributed by atoms with van der Waals surface area (Å²) in [5, 5.41) is 7.11. The summed E-state index contributed by atoms with van der Waals surface area (Å²) < 4.78 is 5.91. The normalized spacial score (nSPS) is 11.3. The van der Waals surface area contributed by atoms with Gasteiger partial charge in [-0.15, -0.1) is 11.3 Å². The molecule has 1 aromatic heterocycles. The van der Waals surface area contributed by atoms with Gasteiger partial charge in [0.25, 0.3) is 0 Å². The molecule has 1 N–H and O–H groups in total. The molecule has 27 heavy (non-hydrogen) atoms. The molecule has 0 aliphatic rings. The van der Waals surface area contributed by atoms with Gasteiger partial charge < -0.3 is 4.74 Å². The molecular weight excluding hydrogens is 354 g/mol. The zero-order chi connectivity index (χ0) is 19.1. The van der Waals surface area contributed by atoms with Gasteiger partial charge in [0.15, 0.2) is 0 Å². The van der Waals surface area contributed by atoms with Gasteiger partial charge in [-0.1, -0.05) is 56.3 Å². The highest BCUT2D eigenvalue weighted by atomic mass is 32.1. The lowest BCUT2D eigenvalue weighted by molar-refractivity contribution is 0.288. The molecule has 0 fully saturated rings. The van der Waals surface area contributed by atoms with Crippen LogP contribution in [-0.2, 0) is 0 Å². The van der Waals surface area contributed by atoms with Gasteiger partial charge in [-0.3, -0.25) is 5.43 Å². The van der Waals surface area contributed by atoms with Gasteiger partial charge in [0.05, 0.1) is 18.5 Å². The SMILES string of the molecule is Cc1ccc(C=NNc2nc(-c3ccccc3)cs2)cc1OCCC(C)C. The summed E-state index contributed by atoms with van der Waals surface area (Å²) in [6.45, 7) is 7.20. The molecule has 0 spiro atoms. The third-order valence-electron chi connectivity index (χ3n) is 4.11. The van der Waals surface area contributed by atoms with Crippen molar-refractivity contribution in [3.63, 3.8) is 0 Å². The van der Waals surface area contributed by atoms with Gasteiger partial charge in [0, 0.05) is 10.9 Å². The van der Waals surface area contributed by atoms with Crippen molar-refractivity contribution in [1.82, 2.24) is 4.98 Å². The number of rotatable bonds is 8. The van der Waals surface area contributed by atoms with E-state index in [2.05, 4.69) is 54.5 Å². The molecule has 4 nitrogen and oxygen atoms in total. The lowest BCUT2D eigenvalue weighted by Gasteiger charge is -2.11. The zero-order valence-electron chi connectivity index (χ0n) is 16.0. The minimum atomic E-state index is 0.637. The molecule has 3 rings (SSSR count). The highest BCUT2D eigenvalue weighted by molar-refractivity contribution is 7.14. The van der Waals surface area contributed by atoms with Crippen LogP contribution < -0.4 is 10.2 Å². The molecule has 2 aromatic carbocycles. The maximum absolute atomic E-state index is 5.91. The number of nitrogens with zero attached hydrogens (tertiary/aromatic N) is 2. The summed E-state index contributed by atoms with van der Waals surface area (Å²) in [6, 6.07) is 16.2. The molecule has 0 aliphatic carbocycles. The topological polar surface area (TPSA) is 46.5 Å². The second-order valence-corrected chi connectivity index (χ2v) is 7.69. The molecule has 5 heteroatoms. The smallest absolute Gasteiger partial charge is 0.203 e. The Morgan fingerprint density at radius 2 is 2.00 bits per heavy atom. The molecule has 140 valence electrons. The molecule has 0 aliphatic heterocycles. The van der Waals surface area contributed by atoms with Crippen molar-refractivity contribution in [3.8, 4) is 17.0 Å². The van der Waals surface area contributed by atoms with Crippen LogP contribution in [0, 0.1) is 12.8 Å². The third-order valence-corrected chi connectivity index (χ3v) is 4.86. The minimum Gasteiger partial charge on any atom is -0.493 e. The van der Waals surface area contributed by atoms with E-state index in [1.165, 1.54) is 11.3 Å². The monoisotopic (exact) mass is 379 g/mol. The van der Waals surface area contributed by atoms with E-state index in [0.717, 1.165) is 46.3 Å². The van der Waals surface area contributed by atoms with Gasteiger partial charge >= 0.3 is 0 Å². The van der Waals surface area contributed by atoms with Crippen LogP contribution in [0.1, 0.15) is 31.4 Å². The largest absolute Gasteiger partial charge is 0.493 e. The van der Waals surface area contributed by atoms with Gasteiger partial charge in [0.2, 0.25) is 5.13 Å². The van der Waals surface area contributed by atoms with Crippen LogP contribution in [0.4, 0.5) is 5.13 Å². The zero-order valence-corrected chi connectivity index (χ0v) is 16.8. The van der Waals surface area contributed by atoms with Crippen molar-refractivity contribution in [2.24, 2.45) is 11.0 Å². The van der Waals surface area contributed by atoms with Crippen molar-refractivity contribution in [2.75, 3.05) is 12.0 Å². The van der Waals surface area contributed by atoms with Crippen molar-refractivity contribution in [1.29, 1.82) is 0 Å². The molecular formula is C22H25N3OS. The van der Waals surface area contributed by atoms with E-state index in [4.69, 9.17) is 4.74 Å². The van der Waals surface area contributed by atoms with Crippen LogP contribution in [0.15, 0.2) is 59.0 Å². The van der Waals surface area contributed by atoms with Crippen molar-refractivity contribution >= 4 is 22.7 Å². The van der Waals surface area contributed by atoms with Crippen molar-refractivity contribution in [2.45, 2.75) is 27.2 Å². The van der Waals surface area contributed by atoms with Gasteiger partial charge in [-0.2, -0.15) is 5.10 Å². The van der Waals surface area contributed by atoms with E-state index in [9.17, 15) is 0 Å². The van der Waals surface area contributed by atoms with Gasteiger partial charge in [0.1, 0.15) is 5.75 Å². The average Bonchev–Trinajstić information content (AvgIpc) is 3.13. The highest BCUT2D eigenvalue weighted by Crippen LogP contribution is 2.24. The Hall–Kier alpha value is -2.66. The highest BCUT2D eigenvalue weighted by Gasteiger charge is 2.04. The molecule has 0 radical (unpaired) electrons. The summed E-state index contributed by atoms with van der Waals surface area (Å²) in [5.74, 6) is 1.55. The number of hydrazone groups is 1. The molecule has 0 saturated carbocycles. The summed E-state index contributed by atoms with van der Waals surface area (Å²) >= 11 is 1.54. The minimum absolute atomic E-state index is 0.637. The molecule has 3 aromatic rings. The second kappa shape index (κ2) is 9.33. The Morgan fingerprint density at radius 1 is 1.19 bits per heavy atom. The Kier molecular flexibility index (Phi) is 6.60. The number of aromatic nitrogens is 1. The molecule has 0 atom stereocenters. The number of ether oxygens (including phenoxy) is 1. The lowest BCUT2D eigenvalue weighted by Crippen LogP contribution is -2.03. The fraction of sp³-hybridized carbons (Fsp3) is 0.273. The van der Waals surface area contributed by atoms with E-state index in [-0.39, 0.29) is 0 Å². The molecule has 0 unspecified atom stereocenters. The quantitative estimate of drug-likeness (QED) is 0.386. The van der Waals surface area contributed by atoms with Crippen molar-refractivity contribution in [3.05, 3.63) is 65.0 Å². The Morgan fingerprint density at radius 3 is 2.78 bits per heavy atom. The number of benzene rings is 2. The Labute approximate surface area is 164 Å². The second-order valence-electron chi connectivity index (χ2n) is 6.83. The van der Waals surface area contributed by atoms with E-state index < -0.39 is 0 Å². The number of nitrogens with one attached hydrogen (secondary N) is 1. The molecule has 1 heterocycles. The van der Waals surface area contributed by atoms with E-state index in [1.54, 1.807) is 6.21 Å². The van der Waals surface area contributed by atoms with Crippen LogP contribution in [0.25, 0.3) is 11.3 Å². The van der Waals surface area contributed by atoms with Gasteiger partial charge in [-0.05, 0) is 36.5 Å². The predicted molar refractivity (Wildman–Crippen MR) is 115 cm³/mol. The average molecular weight is 380 g/mol. The fourth-order valence-corrected chi connectivity index (χ4v) is 3.15. The molecule has 0 amide bonds. The number of thiazole rings is 1. The van der Waals surface area contributed by atoms with E-state index in [0.29, 0.717) is 5.92 Å². The van der Waals surface area contributed by atoms with Crippen LogP contribution in [-0.4, -0.2) is 17.8 Å². The first kappa shape index (κ1) is 19.1. The standard InChI is InChI=1S/C22H25N3OS/c1-16(2)11-12-26-21-13-18(10-9-17(21)3)14-23-25-22-24-20(15-27-22)19-7-5-4-6-8-19/h4-10,13-16H,11-12H2,1-3H3,(H,24,25). The van der Waals surface area contributed by atoms with E-state index in [1.807, 2.05) is 35.7 Å². The van der Waals surface area contributed by atoms with Crippen LogP contribution in [0.3, 0.4) is 0 Å². The Bertz CT molecular complexity index is 888. The first-order valence-electron chi connectivity index (χ1n) is 9.15. The Balaban J connectivity index is 1.60. The van der Waals surface area contributed by atoms with E-state index >= 15 is 0 Å². The van der Waals surface area contributed by atoms with Crippen molar-refractivity contribution < 1.29 is 4.74 Å². The number of anilines is 1. The maximum Gasteiger partial charge on any atom is 0.203 e. The summed E-state index contributed by atoms with van der Waals surface area (Å²) in [5.41, 5.74) is 7.20. The van der Waals surface area contributed by atoms with Crippen LogP contribution in [0.2, 0.25) is 0 Å². The number of hydrogen-bond donors (Lipinski definition) is 1. The van der Waals surface area contributed by atoms with Crippen LogP contribution in [0.5, 0.6) is 5.75 Å². The predicted octanol–water partition coefficient (Wildman–Crippen LogP) is 5.99. The maximum atomic E-state index is 5.91. The third kappa shape index (κ3) is 5.66. The fourth-order valence-electron chi connectivity index (χ4n) is 2.49. The number of aryl methyl sites for hydroxylation is 1. The first-order valence-corrected chi connectivity index (χ1v) is 10.0. The number of hydrogen-bond acceptors (Lipinski definition) is 5. The lowest BCUT2D eigenvalue weighted by atomic mass is 10.1. The summed E-state index contributed by atoms with van der Waals surface area (Å²) in [7, 11) is 0. The molecule has 0 bridgehead atoms. The van der Waals surface area contributed by atoms with Gasteiger partial charge in [-0.25, -0.2) is 4.98 Å². The molecule has 0 saturated heterocycles. The first-order chi connectivity index (χ1) is 13.1. The summed E-state index contributed by atoms with van der Waals surface area (Å²) in [6.07, 6.45) is 2.84. The summed E-state index contributed by atoms with van der Waals surface area (Å²) in [4.78, 5) is 4.57.